The van der Waals surface area contributed by atoms with Gasteiger partial charge in [0, 0.05) is 49.0 Å². The summed E-state index contributed by atoms with van der Waals surface area (Å²) >= 11 is 0. The Morgan fingerprint density at radius 2 is 1.73 bits per heavy atom. The van der Waals surface area contributed by atoms with Crippen molar-refractivity contribution in [3.8, 4) is 0 Å². The molecule has 0 bridgehead atoms. The zero-order chi connectivity index (χ0) is 22.4. The van der Waals surface area contributed by atoms with Crippen LogP contribution >= 0.6 is 0 Å². The fourth-order valence-electron chi connectivity index (χ4n) is 2.69. The van der Waals surface area contributed by atoms with Gasteiger partial charge in [-0.2, -0.15) is 0 Å². The molecule has 1 amide bonds. The van der Waals surface area contributed by atoms with E-state index in [9.17, 15) is 28.5 Å². The van der Waals surface area contributed by atoms with E-state index in [1.165, 1.54) is 17.0 Å². The maximum Gasteiger partial charge on any atom is 0.338 e. The number of amides is 1. The second kappa shape index (κ2) is 9.88. The summed E-state index contributed by atoms with van der Waals surface area (Å²) in [7, 11) is 4.68. The Labute approximate surface area is 171 Å². The van der Waals surface area contributed by atoms with Crippen LogP contribution in [-0.2, 0) is 11.3 Å². The van der Waals surface area contributed by atoms with Crippen LogP contribution in [0, 0.1) is 21.7 Å². The Balaban J connectivity index is 2.44. The molecule has 0 aliphatic rings. The number of esters is 1. The minimum Gasteiger partial charge on any atom is -0.465 e. The van der Waals surface area contributed by atoms with Crippen LogP contribution in [-0.4, -0.2) is 60.9 Å². The number of methoxy groups -OCH3 is 1. The number of carbonyl (C=O) groups excluding carboxylic acids is 2. The highest BCUT2D eigenvalue weighted by molar-refractivity contribution is 5.99. The molecular formula is C20H21F2N3O5. The van der Waals surface area contributed by atoms with E-state index in [4.69, 9.17) is 0 Å². The number of carbonyl (C=O) groups is 2. The molecule has 2 aromatic rings. The maximum atomic E-state index is 14.1. The van der Waals surface area contributed by atoms with Crippen LogP contribution in [0.5, 0.6) is 0 Å². The first-order valence-electron chi connectivity index (χ1n) is 8.88. The molecule has 0 unspecified atom stereocenters. The van der Waals surface area contributed by atoms with Crippen LogP contribution in [0.2, 0.25) is 0 Å². The zero-order valence-electron chi connectivity index (χ0n) is 16.7. The van der Waals surface area contributed by atoms with E-state index >= 15 is 0 Å². The maximum absolute atomic E-state index is 14.1. The Hall–Kier alpha value is -3.40. The molecule has 0 saturated carbocycles. The molecule has 10 heteroatoms. The van der Waals surface area contributed by atoms with Gasteiger partial charge in [-0.3, -0.25) is 14.9 Å². The quantitative estimate of drug-likeness (QED) is 0.370. The molecule has 160 valence electrons. The first-order chi connectivity index (χ1) is 14.1. The van der Waals surface area contributed by atoms with Crippen molar-refractivity contribution in [2.24, 2.45) is 0 Å². The van der Waals surface area contributed by atoms with E-state index in [-0.39, 0.29) is 29.8 Å². The monoisotopic (exact) mass is 421 g/mol. The molecule has 0 heterocycles. The average molecular weight is 421 g/mol. The molecule has 0 fully saturated rings. The van der Waals surface area contributed by atoms with E-state index in [1.54, 1.807) is 19.0 Å². The van der Waals surface area contributed by atoms with Crippen molar-refractivity contribution < 1.29 is 28.0 Å². The molecular weight excluding hydrogens is 400 g/mol. The molecule has 0 aliphatic carbocycles. The van der Waals surface area contributed by atoms with Gasteiger partial charge >= 0.3 is 5.97 Å². The minimum absolute atomic E-state index is 0.0853. The van der Waals surface area contributed by atoms with E-state index in [1.807, 2.05) is 0 Å². The normalized spacial score (nSPS) is 10.7. The molecule has 0 radical (unpaired) electrons. The molecule has 30 heavy (non-hydrogen) atoms. The highest BCUT2D eigenvalue weighted by Gasteiger charge is 2.23. The van der Waals surface area contributed by atoms with Gasteiger partial charge in [-0.1, -0.05) is 6.07 Å². The predicted molar refractivity (Wildman–Crippen MR) is 104 cm³/mol. The van der Waals surface area contributed by atoms with E-state index in [0.717, 1.165) is 25.3 Å². The summed E-state index contributed by atoms with van der Waals surface area (Å²) in [5.41, 5.74) is -0.648. The van der Waals surface area contributed by atoms with Gasteiger partial charge in [0.2, 0.25) is 0 Å². The van der Waals surface area contributed by atoms with Crippen LogP contribution < -0.4 is 0 Å². The number of benzene rings is 2. The number of likely N-dealkylation sites (N-methyl/N-ethyl adjacent to an activating group) is 1. The third kappa shape index (κ3) is 5.80. The van der Waals surface area contributed by atoms with E-state index < -0.39 is 34.1 Å². The summed E-state index contributed by atoms with van der Waals surface area (Å²) in [5.74, 6) is -3.04. The number of hydrogen-bond donors (Lipinski definition) is 0. The smallest absolute Gasteiger partial charge is 0.338 e. The minimum atomic E-state index is -0.836. The highest BCUT2D eigenvalue weighted by Crippen LogP contribution is 2.21. The van der Waals surface area contributed by atoms with Gasteiger partial charge in [0.25, 0.3) is 11.6 Å². The fraction of sp³-hybridized carbons (Fsp3) is 0.300. The molecule has 2 rings (SSSR count). The average Bonchev–Trinajstić information content (AvgIpc) is 2.70. The molecule has 0 N–H and O–H groups in total. The lowest BCUT2D eigenvalue weighted by atomic mass is 10.1. The van der Waals surface area contributed by atoms with Crippen molar-refractivity contribution in [2.45, 2.75) is 6.54 Å². The van der Waals surface area contributed by atoms with Gasteiger partial charge in [-0.15, -0.1) is 0 Å². The highest BCUT2D eigenvalue weighted by atomic mass is 19.1. The SMILES string of the molecule is COC(=O)c1cc(C(=O)N(CCN(C)C)Cc2ccc(F)cc2F)cc([N+](=O)[O-])c1. The number of nitro benzene ring substituents is 1. The van der Waals surface area contributed by atoms with Crippen LogP contribution in [0.1, 0.15) is 26.3 Å². The van der Waals surface area contributed by atoms with Crippen molar-refractivity contribution in [3.63, 3.8) is 0 Å². The van der Waals surface area contributed by atoms with Crippen molar-refractivity contribution in [3.05, 3.63) is 74.8 Å². The van der Waals surface area contributed by atoms with Gasteiger partial charge in [0.1, 0.15) is 11.6 Å². The molecule has 0 spiro atoms. The summed E-state index contributed by atoms with van der Waals surface area (Å²) in [6.45, 7) is 0.404. The summed E-state index contributed by atoms with van der Waals surface area (Å²) in [4.78, 5) is 38.5. The number of rotatable bonds is 8. The first kappa shape index (κ1) is 22.9. The summed E-state index contributed by atoms with van der Waals surface area (Å²) in [6, 6.07) is 6.26. The molecule has 0 saturated heterocycles. The Bertz CT molecular complexity index is 965. The van der Waals surface area contributed by atoms with E-state index in [2.05, 4.69) is 4.74 Å². The number of hydrogen-bond acceptors (Lipinski definition) is 6. The van der Waals surface area contributed by atoms with Crippen molar-refractivity contribution in [1.82, 2.24) is 9.80 Å². The molecule has 0 atom stereocenters. The Morgan fingerprint density at radius 1 is 1.07 bits per heavy atom. The van der Waals surface area contributed by atoms with Gasteiger partial charge < -0.3 is 14.5 Å². The number of nitro groups is 1. The topological polar surface area (TPSA) is 93.0 Å². The van der Waals surface area contributed by atoms with Crippen molar-refractivity contribution in [2.75, 3.05) is 34.3 Å². The fourth-order valence-corrected chi connectivity index (χ4v) is 2.69. The number of ether oxygens (including phenoxy) is 1. The van der Waals surface area contributed by atoms with Crippen LogP contribution in [0.15, 0.2) is 36.4 Å². The third-order valence-corrected chi connectivity index (χ3v) is 4.28. The van der Waals surface area contributed by atoms with Gasteiger partial charge in [-0.25, -0.2) is 13.6 Å². The first-order valence-corrected chi connectivity index (χ1v) is 8.88. The number of halogens is 2. The summed E-state index contributed by atoms with van der Waals surface area (Å²) in [5, 5.41) is 11.2. The molecule has 0 aromatic heterocycles. The summed E-state index contributed by atoms with van der Waals surface area (Å²) < 4.78 is 31.9. The lowest BCUT2D eigenvalue weighted by Gasteiger charge is -2.25. The standard InChI is InChI=1S/C20H21F2N3O5/c1-23(2)6-7-24(12-13-4-5-16(21)11-18(13)22)19(26)14-8-15(20(27)30-3)10-17(9-14)25(28)29/h4-5,8-11H,6-7,12H2,1-3H3. The van der Waals surface area contributed by atoms with E-state index in [0.29, 0.717) is 12.6 Å². The van der Waals surface area contributed by atoms with Crippen molar-refractivity contribution >= 4 is 17.6 Å². The molecule has 2 aromatic carbocycles. The van der Waals surface area contributed by atoms with Crippen molar-refractivity contribution in [1.29, 1.82) is 0 Å². The second-order valence-corrected chi connectivity index (χ2v) is 6.78. The van der Waals surface area contributed by atoms with Crippen LogP contribution in [0.3, 0.4) is 0 Å². The predicted octanol–water partition coefficient (Wildman–Crippen LogP) is 2.86. The summed E-state index contributed by atoms with van der Waals surface area (Å²) in [6.07, 6.45) is 0. The molecule has 0 aliphatic heterocycles. The number of non-ortho nitro benzene ring substituents is 1. The Kier molecular flexibility index (Phi) is 7.54. The number of nitrogens with zero attached hydrogens (tertiary/aromatic N) is 3. The van der Waals surface area contributed by atoms with Crippen LogP contribution in [0.4, 0.5) is 14.5 Å². The second-order valence-electron chi connectivity index (χ2n) is 6.78. The lowest BCUT2D eigenvalue weighted by molar-refractivity contribution is -0.384. The third-order valence-electron chi connectivity index (χ3n) is 4.28. The zero-order valence-corrected chi connectivity index (χ0v) is 16.7. The van der Waals surface area contributed by atoms with Gasteiger partial charge in [0.05, 0.1) is 17.6 Å². The Morgan fingerprint density at radius 3 is 2.30 bits per heavy atom. The van der Waals surface area contributed by atoms with Gasteiger partial charge in [0.15, 0.2) is 0 Å². The van der Waals surface area contributed by atoms with Gasteiger partial charge in [-0.05, 0) is 26.2 Å². The largest absolute Gasteiger partial charge is 0.465 e. The molecule has 8 nitrogen and oxygen atoms in total. The lowest BCUT2D eigenvalue weighted by Crippen LogP contribution is -2.36. The van der Waals surface area contributed by atoms with Crippen LogP contribution in [0.25, 0.3) is 0 Å².